The standard InChI is InChI=1S/C8H6BClO2S2/c10-6-3-14-8-2-5(9(11)12)7(13)1-4(6)8/h1-3,11-13H. The highest BCUT2D eigenvalue weighted by Gasteiger charge is 2.16. The molecule has 6 heteroatoms. The summed E-state index contributed by atoms with van der Waals surface area (Å²) in [5.74, 6) is 0. The van der Waals surface area contributed by atoms with E-state index in [-0.39, 0.29) is 0 Å². The lowest BCUT2D eigenvalue weighted by Crippen LogP contribution is -2.30. The Morgan fingerprint density at radius 2 is 2.07 bits per heavy atom. The minimum atomic E-state index is -1.49. The molecule has 2 nitrogen and oxygen atoms in total. The molecule has 72 valence electrons. The molecule has 0 saturated heterocycles. The zero-order valence-electron chi connectivity index (χ0n) is 6.94. The van der Waals surface area contributed by atoms with Crippen molar-refractivity contribution in [3.8, 4) is 0 Å². The van der Waals surface area contributed by atoms with Gasteiger partial charge in [-0.25, -0.2) is 0 Å². The van der Waals surface area contributed by atoms with Gasteiger partial charge < -0.3 is 10.0 Å². The summed E-state index contributed by atoms with van der Waals surface area (Å²) in [6.45, 7) is 0. The molecule has 0 saturated carbocycles. The molecule has 2 aromatic rings. The predicted molar refractivity (Wildman–Crippen MR) is 63.9 cm³/mol. The quantitative estimate of drug-likeness (QED) is 0.526. The molecule has 0 amide bonds. The van der Waals surface area contributed by atoms with Crippen LogP contribution in [0.15, 0.2) is 22.4 Å². The number of halogens is 1. The monoisotopic (exact) mass is 244 g/mol. The highest BCUT2D eigenvalue weighted by molar-refractivity contribution is 7.80. The van der Waals surface area contributed by atoms with Gasteiger partial charge >= 0.3 is 7.12 Å². The summed E-state index contributed by atoms with van der Waals surface area (Å²) in [5.41, 5.74) is 0.402. The molecular formula is C8H6BClO2S2. The van der Waals surface area contributed by atoms with Crippen LogP contribution in [0.1, 0.15) is 0 Å². The predicted octanol–water partition coefficient (Wildman–Crippen LogP) is 1.52. The lowest BCUT2D eigenvalue weighted by atomic mass is 9.80. The smallest absolute Gasteiger partial charge is 0.423 e. The molecular weight excluding hydrogens is 238 g/mol. The summed E-state index contributed by atoms with van der Waals surface area (Å²) >= 11 is 11.6. The second-order valence-electron chi connectivity index (χ2n) is 2.86. The zero-order chi connectivity index (χ0) is 10.3. The third kappa shape index (κ3) is 1.66. The van der Waals surface area contributed by atoms with Crippen molar-refractivity contribution < 1.29 is 10.0 Å². The van der Waals surface area contributed by atoms with Crippen LogP contribution in [0.3, 0.4) is 0 Å². The van der Waals surface area contributed by atoms with Crippen molar-refractivity contribution in [3.05, 3.63) is 22.5 Å². The Hall–Kier alpha value is -0.195. The van der Waals surface area contributed by atoms with Crippen LogP contribution in [-0.2, 0) is 0 Å². The summed E-state index contributed by atoms with van der Waals surface area (Å²) in [6, 6.07) is 3.44. The van der Waals surface area contributed by atoms with Crippen LogP contribution in [-0.4, -0.2) is 17.2 Å². The van der Waals surface area contributed by atoms with Crippen molar-refractivity contribution in [2.45, 2.75) is 4.90 Å². The first kappa shape index (κ1) is 10.3. The Bertz CT molecular complexity index is 483. The van der Waals surface area contributed by atoms with E-state index in [1.807, 2.05) is 5.38 Å². The maximum atomic E-state index is 9.05. The number of rotatable bonds is 1. The van der Waals surface area contributed by atoms with E-state index in [1.54, 1.807) is 12.1 Å². The van der Waals surface area contributed by atoms with Crippen LogP contribution in [0, 0.1) is 0 Å². The van der Waals surface area contributed by atoms with Gasteiger partial charge in [0.1, 0.15) is 0 Å². The average molecular weight is 245 g/mol. The van der Waals surface area contributed by atoms with E-state index in [0.717, 1.165) is 10.1 Å². The average Bonchev–Trinajstić information content (AvgIpc) is 2.46. The number of fused-ring (bicyclic) bond motifs is 1. The van der Waals surface area contributed by atoms with Gasteiger partial charge in [0, 0.05) is 20.4 Å². The van der Waals surface area contributed by atoms with E-state index >= 15 is 0 Å². The molecule has 1 heterocycles. The molecule has 0 radical (unpaired) electrons. The van der Waals surface area contributed by atoms with Gasteiger partial charge in [-0.05, 0) is 17.6 Å². The minimum Gasteiger partial charge on any atom is -0.423 e. The molecule has 0 aliphatic rings. The van der Waals surface area contributed by atoms with Gasteiger partial charge in [-0.1, -0.05) is 11.6 Å². The highest BCUT2D eigenvalue weighted by atomic mass is 35.5. The van der Waals surface area contributed by atoms with Gasteiger partial charge in [0.15, 0.2) is 0 Å². The van der Waals surface area contributed by atoms with E-state index in [2.05, 4.69) is 12.6 Å². The third-order valence-corrected chi connectivity index (χ3v) is 3.73. The summed E-state index contributed by atoms with van der Waals surface area (Å²) < 4.78 is 0.927. The normalized spacial score (nSPS) is 10.9. The van der Waals surface area contributed by atoms with E-state index in [9.17, 15) is 0 Å². The Morgan fingerprint density at radius 3 is 2.71 bits per heavy atom. The fraction of sp³-hybridized carbons (Fsp3) is 0. The minimum absolute atomic E-state index is 0.402. The van der Waals surface area contributed by atoms with Gasteiger partial charge in [-0.2, -0.15) is 0 Å². The van der Waals surface area contributed by atoms with Crippen LogP contribution < -0.4 is 5.46 Å². The Morgan fingerprint density at radius 1 is 1.36 bits per heavy atom. The van der Waals surface area contributed by atoms with Gasteiger partial charge in [0.2, 0.25) is 0 Å². The molecule has 0 unspecified atom stereocenters. The summed E-state index contributed by atoms with van der Waals surface area (Å²) in [7, 11) is -1.49. The Balaban J connectivity index is 2.72. The number of thiophene rings is 1. The Kier molecular flexibility index (Phi) is 2.77. The second-order valence-corrected chi connectivity index (χ2v) is 4.66. The number of benzene rings is 1. The van der Waals surface area contributed by atoms with Crippen LogP contribution in [0.4, 0.5) is 0 Å². The first-order valence-electron chi connectivity index (χ1n) is 3.85. The van der Waals surface area contributed by atoms with Crippen molar-refractivity contribution >= 4 is 58.2 Å². The van der Waals surface area contributed by atoms with Crippen LogP contribution in [0.5, 0.6) is 0 Å². The first-order valence-corrected chi connectivity index (χ1v) is 5.56. The molecule has 1 aromatic carbocycles. The summed E-state index contributed by atoms with van der Waals surface area (Å²) in [6.07, 6.45) is 0. The second kappa shape index (κ2) is 3.75. The lowest BCUT2D eigenvalue weighted by Gasteiger charge is -2.03. The first-order chi connectivity index (χ1) is 6.59. The van der Waals surface area contributed by atoms with Crippen LogP contribution in [0.2, 0.25) is 5.02 Å². The largest absolute Gasteiger partial charge is 0.489 e. The van der Waals surface area contributed by atoms with E-state index in [0.29, 0.717) is 15.4 Å². The van der Waals surface area contributed by atoms with Crippen molar-refractivity contribution in [3.63, 3.8) is 0 Å². The molecule has 0 spiro atoms. The van der Waals surface area contributed by atoms with Gasteiger partial charge in [-0.15, -0.1) is 24.0 Å². The van der Waals surface area contributed by atoms with Crippen molar-refractivity contribution in [1.29, 1.82) is 0 Å². The SMILES string of the molecule is OB(O)c1cc2scc(Cl)c2cc1S. The maximum absolute atomic E-state index is 9.05. The molecule has 14 heavy (non-hydrogen) atoms. The van der Waals surface area contributed by atoms with E-state index < -0.39 is 7.12 Å². The topological polar surface area (TPSA) is 40.5 Å². The van der Waals surface area contributed by atoms with Crippen molar-refractivity contribution in [1.82, 2.24) is 0 Å². The summed E-state index contributed by atoms with van der Waals surface area (Å²) in [4.78, 5) is 0.535. The third-order valence-electron chi connectivity index (χ3n) is 1.95. The fourth-order valence-corrected chi connectivity index (χ4v) is 2.76. The lowest BCUT2D eigenvalue weighted by molar-refractivity contribution is 0.425. The van der Waals surface area contributed by atoms with E-state index in [1.165, 1.54) is 11.3 Å². The summed E-state index contributed by atoms with van der Waals surface area (Å²) in [5, 5.41) is 21.5. The molecule has 0 aliphatic carbocycles. The highest BCUT2D eigenvalue weighted by Crippen LogP contribution is 2.30. The molecule has 0 aliphatic heterocycles. The van der Waals surface area contributed by atoms with Crippen LogP contribution >= 0.6 is 35.6 Å². The zero-order valence-corrected chi connectivity index (χ0v) is 9.40. The Labute approximate surface area is 95.7 Å². The molecule has 0 fully saturated rings. The van der Waals surface area contributed by atoms with Crippen LogP contribution in [0.25, 0.3) is 10.1 Å². The van der Waals surface area contributed by atoms with Gasteiger partial charge in [0.05, 0.1) is 5.02 Å². The number of hydrogen-bond acceptors (Lipinski definition) is 4. The van der Waals surface area contributed by atoms with Gasteiger partial charge in [0.25, 0.3) is 0 Å². The fourth-order valence-electron chi connectivity index (χ4n) is 1.25. The molecule has 1 aromatic heterocycles. The molecule has 2 rings (SSSR count). The molecule has 2 N–H and O–H groups in total. The molecule has 0 atom stereocenters. The molecule has 0 bridgehead atoms. The van der Waals surface area contributed by atoms with Crippen molar-refractivity contribution in [2.75, 3.05) is 0 Å². The van der Waals surface area contributed by atoms with Gasteiger partial charge in [-0.3, -0.25) is 0 Å². The number of thiol groups is 1. The van der Waals surface area contributed by atoms with Crippen molar-refractivity contribution in [2.24, 2.45) is 0 Å². The number of hydrogen-bond donors (Lipinski definition) is 3. The maximum Gasteiger partial charge on any atom is 0.489 e. The van der Waals surface area contributed by atoms with E-state index in [4.69, 9.17) is 21.6 Å².